The van der Waals surface area contributed by atoms with Crippen molar-refractivity contribution in [3.05, 3.63) is 64.7 Å². The van der Waals surface area contributed by atoms with E-state index in [4.69, 9.17) is 14.6 Å². The van der Waals surface area contributed by atoms with E-state index in [1.165, 1.54) is 5.56 Å². The van der Waals surface area contributed by atoms with Crippen molar-refractivity contribution in [1.29, 1.82) is 0 Å². The minimum atomic E-state index is -0.313. The first kappa shape index (κ1) is 26.6. The van der Waals surface area contributed by atoms with Crippen LogP contribution in [0, 0.1) is 13.8 Å². The van der Waals surface area contributed by atoms with Gasteiger partial charge in [0.05, 0.1) is 22.8 Å². The number of pyridine rings is 1. The topological polar surface area (TPSA) is 127 Å². The third kappa shape index (κ3) is 4.49. The molecule has 4 heterocycles. The molecule has 5 aromatic rings. The highest BCUT2D eigenvalue weighted by Crippen LogP contribution is 2.46. The Bertz CT molecular complexity index is 1820. The van der Waals surface area contributed by atoms with Crippen molar-refractivity contribution in [2.24, 2.45) is 0 Å². The number of carbonyl (C=O) groups is 1. The third-order valence-corrected chi connectivity index (χ3v) is 8.93. The van der Waals surface area contributed by atoms with Crippen molar-refractivity contribution in [2.45, 2.75) is 90.6 Å². The molecule has 10 heteroatoms. The summed E-state index contributed by atoms with van der Waals surface area (Å²) in [5.74, 6) is 1.14. The van der Waals surface area contributed by atoms with E-state index in [2.05, 4.69) is 71.3 Å². The molecule has 2 N–H and O–H groups in total. The molecule has 2 aliphatic carbocycles. The molecular weight excluding hydrogens is 528 g/mol. The van der Waals surface area contributed by atoms with E-state index in [9.17, 15) is 4.79 Å². The molecule has 0 aliphatic heterocycles. The zero-order chi connectivity index (χ0) is 29.2. The fourth-order valence-electron chi connectivity index (χ4n) is 6.27. The van der Waals surface area contributed by atoms with Gasteiger partial charge < -0.3 is 14.8 Å². The van der Waals surface area contributed by atoms with Crippen LogP contribution in [0.4, 0.5) is 0 Å². The van der Waals surface area contributed by atoms with Crippen LogP contribution < -0.4 is 5.32 Å². The average molecular weight is 565 g/mol. The van der Waals surface area contributed by atoms with Crippen LogP contribution in [0.25, 0.3) is 33.7 Å². The first-order valence-electron chi connectivity index (χ1n) is 14.9. The van der Waals surface area contributed by atoms with Crippen molar-refractivity contribution in [1.82, 2.24) is 40.2 Å². The smallest absolute Gasteiger partial charge is 0.315 e. The quantitative estimate of drug-likeness (QED) is 0.231. The zero-order valence-corrected chi connectivity index (χ0v) is 24.8. The van der Waals surface area contributed by atoms with Crippen molar-refractivity contribution in [2.75, 3.05) is 0 Å². The number of imidazole rings is 1. The summed E-state index contributed by atoms with van der Waals surface area (Å²) in [5, 5.41) is 12.0. The Morgan fingerprint density at radius 2 is 2.00 bits per heavy atom. The molecule has 1 atom stereocenters. The number of benzene rings is 1. The van der Waals surface area contributed by atoms with Crippen LogP contribution in [0.15, 0.2) is 35.0 Å². The third-order valence-electron chi connectivity index (χ3n) is 8.93. The van der Waals surface area contributed by atoms with Gasteiger partial charge in [0.2, 0.25) is 0 Å². The van der Waals surface area contributed by atoms with Crippen LogP contribution in [0.3, 0.4) is 0 Å². The minimum Gasteiger partial charge on any atom is -0.341 e. The van der Waals surface area contributed by atoms with Gasteiger partial charge >= 0.3 is 11.8 Å². The number of aromatic amines is 1. The van der Waals surface area contributed by atoms with Crippen molar-refractivity contribution < 1.29 is 9.32 Å². The Balaban J connectivity index is 1.20. The predicted octanol–water partition coefficient (Wildman–Crippen LogP) is 6.32. The van der Waals surface area contributed by atoms with Gasteiger partial charge in [-0.15, -0.1) is 0 Å². The largest absolute Gasteiger partial charge is 0.341 e. The summed E-state index contributed by atoms with van der Waals surface area (Å²) < 4.78 is 7.38. The number of fused-ring (bicyclic) bond motifs is 2. The lowest BCUT2D eigenvalue weighted by Crippen LogP contribution is -2.29. The van der Waals surface area contributed by atoms with Gasteiger partial charge in [-0.25, -0.2) is 9.97 Å². The molecule has 0 saturated heterocycles. The fourth-order valence-corrected chi connectivity index (χ4v) is 6.27. The van der Waals surface area contributed by atoms with Crippen molar-refractivity contribution in [3.63, 3.8) is 0 Å². The SMILES string of the molecule is Cc1nn(C(C)C)c(C)c1-c1nc2nccc(-c3ccc4c(c3)CCCCC4NC(=O)c3nc(C4(C)CC4)no3)c2[nH]1. The summed E-state index contributed by atoms with van der Waals surface area (Å²) in [6.07, 6.45) is 7.76. The standard InChI is InChI=1S/C32H36N8O2/c1-17(2)40-19(4)25(18(3)38-40)27-35-26-23(12-15-33-28(26)36-27)21-10-11-22-20(16-21)8-6-7-9-24(22)34-29(41)30-37-31(39-42-30)32(5)13-14-32/h10-12,15-17,24H,6-9,13-14H2,1-5H3,(H,34,41)(H,33,35,36). The van der Waals surface area contributed by atoms with E-state index in [1.807, 2.05) is 23.9 Å². The maximum absolute atomic E-state index is 13.1. The number of aromatic nitrogens is 7. The molecule has 10 nitrogen and oxygen atoms in total. The molecule has 0 spiro atoms. The Morgan fingerprint density at radius 1 is 1.17 bits per heavy atom. The lowest BCUT2D eigenvalue weighted by Gasteiger charge is -2.19. The number of nitrogens with zero attached hydrogens (tertiary/aromatic N) is 6. The van der Waals surface area contributed by atoms with E-state index in [0.29, 0.717) is 11.5 Å². The van der Waals surface area contributed by atoms with Crippen LogP contribution in [0.5, 0.6) is 0 Å². The Kier molecular flexibility index (Phi) is 6.25. The lowest BCUT2D eigenvalue weighted by atomic mass is 9.94. The highest BCUT2D eigenvalue weighted by molar-refractivity contribution is 5.92. The molecular formula is C32H36N8O2. The van der Waals surface area contributed by atoms with Gasteiger partial charge in [0.25, 0.3) is 0 Å². The van der Waals surface area contributed by atoms with E-state index in [0.717, 1.165) is 83.5 Å². The molecule has 1 amide bonds. The average Bonchev–Trinajstić information content (AvgIpc) is 3.28. The van der Waals surface area contributed by atoms with Gasteiger partial charge in [0.1, 0.15) is 5.82 Å². The van der Waals surface area contributed by atoms with Crippen molar-refractivity contribution >= 4 is 17.1 Å². The maximum Gasteiger partial charge on any atom is 0.315 e. The van der Waals surface area contributed by atoms with Crippen LogP contribution in [0.2, 0.25) is 0 Å². The molecule has 1 saturated carbocycles. The Hall–Kier alpha value is -4.34. The van der Waals surface area contributed by atoms with Crippen LogP contribution in [-0.2, 0) is 11.8 Å². The van der Waals surface area contributed by atoms with E-state index < -0.39 is 0 Å². The van der Waals surface area contributed by atoms with Gasteiger partial charge in [-0.3, -0.25) is 9.48 Å². The second-order valence-electron chi connectivity index (χ2n) is 12.4. The number of H-pyrrole nitrogens is 1. The second kappa shape index (κ2) is 9.89. The van der Waals surface area contributed by atoms with Gasteiger partial charge in [0, 0.05) is 28.9 Å². The zero-order valence-electron chi connectivity index (χ0n) is 24.8. The second-order valence-corrected chi connectivity index (χ2v) is 12.4. The Labute approximate surface area is 244 Å². The monoisotopic (exact) mass is 564 g/mol. The summed E-state index contributed by atoms with van der Waals surface area (Å²) >= 11 is 0. The molecule has 0 bridgehead atoms. The highest BCUT2D eigenvalue weighted by Gasteiger charge is 2.44. The van der Waals surface area contributed by atoms with Gasteiger partial charge in [0.15, 0.2) is 11.5 Å². The molecule has 2 aliphatic rings. The summed E-state index contributed by atoms with van der Waals surface area (Å²) in [6, 6.07) is 8.71. The molecule has 216 valence electrons. The summed E-state index contributed by atoms with van der Waals surface area (Å²) in [5.41, 5.74) is 9.10. The number of nitrogens with one attached hydrogen (secondary N) is 2. The summed E-state index contributed by atoms with van der Waals surface area (Å²) in [6.45, 7) is 10.5. The summed E-state index contributed by atoms with van der Waals surface area (Å²) in [4.78, 5) is 30.5. The fraction of sp³-hybridized carbons (Fsp3) is 0.438. The van der Waals surface area contributed by atoms with Gasteiger partial charge in [-0.1, -0.05) is 36.7 Å². The van der Waals surface area contributed by atoms with Crippen LogP contribution in [-0.4, -0.2) is 40.8 Å². The molecule has 1 fully saturated rings. The molecule has 4 aromatic heterocycles. The predicted molar refractivity (Wildman–Crippen MR) is 159 cm³/mol. The normalized spacial score (nSPS) is 17.8. The van der Waals surface area contributed by atoms with Gasteiger partial charge in [-0.2, -0.15) is 10.1 Å². The number of carbonyl (C=O) groups excluding carboxylic acids is 1. The minimum absolute atomic E-state index is 0.0409. The number of aryl methyl sites for hydroxylation is 2. The lowest BCUT2D eigenvalue weighted by molar-refractivity contribution is 0.0890. The first-order chi connectivity index (χ1) is 20.2. The van der Waals surface area contributed by atoms with Gasteiger partial charge in [-0.05, 0) is 82.6 Å². The molecule has 1 unspecified atom stereocenters. The number of rotatable bonds is 6. The van der Waals surface area contributed by atoms with Crippen molar-refractivity contribution in [3.8, 4) is 22.5 Å². The number of amides is 1. The molecule has 42 heavy (non-hydrogen) atoms. The van der Waals surface area contributed by atoms with Crippen LogP contribution >= 0.6 is 0 Å². The summed E-state index contributed by atoms with van der Waals surface area (Å²) in [7, 11) is 0. The van der Waals surface area contributed by atoms with E-state index in [-0.39, 0.29) is 29.3 Å². The van der Waals surface area contributed by atoms with E-state index in [1.54, 1.807) is 0 Å². The van der Waals surface area contributed by atoms with E-state index >= 15 is 0 Å². The Morgan fingerprint density at radius 3 is 2.76 bits per heavy atom. The molecule has 7 rings (SSSR count). The highest BCUT2D eigenvalue weighted by atomic mass is 16.5. The molecule has 0 radical (unpaired) electrons. The number of hydrogen-bond donors (Lipinski definition) is 2. The first-order valence-corrected chi connectivity index (χ1v) is 14.9. The molecule has 1 aromatic carbocycles. The maximum atomic E-state index is 13.1. The van der Waals surface area contributed by atoms with Crippen LogP contribution in [0.1, 0.15) is 104 Å². The number of hydrogen-bond acceptors (Lipinski definition) is 7.